The van der Waals surface area contributed by atoms with E-state index in [4.69, 9.17) is 5.11 Å². The van der Waals surface area contributed by atoms with E-state index >= 15 is 0 Å². The molecule has 6 nitrogen and oxygen atoms in total. The molecule has 22 heavy (non-hydrogen) atoms. The lowest BCUT2D eigenvalue weighted by Crippen LogP contribution is -2.38. The van der Waals surface area contributed by atoms with Crippen LogP contribution in [0.2, 0.25) is 0 Å². The zero-order chi connectivity index (χ0) is 16.3. The first-order valence-corrected chi connectivity index (χ1v) is 7.34. The summed E-state index contributed by atoms with van der Waals surface area (Å²) in [5.41, 5.74) is 1.45. The largest absolute Gasteiger partial charge is 0.396 e. The van der Waals surface area contributed by atoms with Crippen LogP contribution in [0.25, 0.3) is 5.69 Å². The van der Waals surface area contributed by atoms with Crippen LogP contribution >= 0.6 is 0 Å². The highest BCUT2D eigenvalue weighted by molar-refractivity contribution is 5.94. The van der Waals surface area contributed by atoms with E-state index in [0.29, 0.717) is 11.4 Å². The van der Waals surface area contributed by atoms with Gasteiger partial charge in [-0.15, -0.1) is 0 Å². The molecule has 2 unspecified atom stereocenters. The number of aryl methyl sites for hydroxylation is 2. The third-order valence-electron chi connectivity index (χ3n) is 3.75. The van der Waals surface area contributed by atoms with Crippen LogP contribution < -0.4 is 5.32 Å². The molecule has 0 aliphatic heterocycles. The minimum Gasteiger partial charge on any atom is -0.396 e. The average Bonchev–Trinajstić information content (AvgIpc) is 2.85. The van der Waals surface area contributed by atoms with Crippen molar-refractivity contribution in [3.63, 3.8) is 0 Å². The lowest BCUT2D eigenvalue weighted by atomic mass is 10.0. The Balaban J connectivity index is 2.12. The molecule has 0 saturated carbocycles. The molecule has 0 fully saturated rings. The van der Waals surface area contributed by atoms with Gasteiger partial charge in [-0.3, -0.25) is 4.79 Å². The maximum absolute atomic E-state index is 12.2. The number of rotatable bonds is 5. The summed E-state index contributed by atoms with van der Waals surface area (Å²) in [7, 11) is 0. The molecule has 2 aromatic rings. The Bertz CT molecular complexity index is 649. The summed E-state index contributed by atoms with van der Waals surface area (Å²) in [5, 5.41) is 16.3. The number of aromatic nitrogens is 3. The first-order chi connectivity index (χ1) is 10.4. The van der Waals surface area contributed by atoms with Crippen molar-refractivity contribution in [2.75, 3.05) is 6.61 Å². The summed E-state index contributed by atoms with van der Waals surface area (Å²) in [5.74, 6) is 1.39. The van der Waals surface area contributed by atoms with Crippen molar-refractivity contribution in [2.45, 2.75) is 33.7 Å². The number of carbonyl (C=O) groups excluding carboxylic acids is 1. The van der Waals surface area contributed by atoms with Crippen LogP contribution in [0.4, 0.5) is 0 Å². The van der Waals surface area contributed by atoms with Gasteiger partial charge in [0.05, 0.1) is 5.69 Å². The van der Waals surface area contributed by atoms with Crippen LogP contribution in [0.5, 0.6) is 0 Å². The number of hydrogen-bond acceptors (Lipinski definition) is 4. The summed E-state index contributed by atoms with van der Waals surface area (Å²) < 4.78 is 1.74. The minimum atomic E-state index is -0.147. The Morgan fingerprint density at radius 1 is 1.27 bits per heavy atom. The first-order valence-electron chi connectivity index (χ1n) is 7.34. The van der Waals surface area contributed by atoms with Gasteiger partial charge >= 0.3 is 0 Å². The molecule has 1 aromatic carbocycles. The molecule has 2 rings (SSSR count). The zero-order valence-electron chi connectivity index (χ0n) is 13.4. The lowest BCUT2D eigenvalue weighted by molar-refractivity contribution is 0.0916. The molecular weight excluding hydrogens is 280 g/mol. The summed E-state index contributed by atoms with van der Waals surface area (Å²) >= 11 is 0. The van der Waals surface area contributed by atoms with Gasteiger partial charge in [-0.1, -0.05) is 6.92 Å². The van der Waals surface area contributed by atoms with Gasteiger partial charge in [-0.2, -0.15) is 5.10 Å². The van der Waals surface area contributed by atoms with E-state index in [-0.39, 0.29) is 24.5 Å². The zero-order valence-corrected chi connectivity index (χ0v) is 13.4. The van der Waals surface area contributed by atoms with E-state index in [2.05, 4.69) is 15.4 Å². The fourth-order valence-electron chi connectivity index (χ4n) is 2.11. The molecule has 1 heterocycles. The molecule has 0 radical (unpaired) electrons. The molecule has 118 valence electrons. The fourth-order valence-corrected chi connectivity index (χ4v) is 2.11. The number of aliphatic hydroxyl groups is 1. The van der Waals surface area contributed by atoms with E-state index in [0.717, 1.165) is 11.5 Å². The van der Waals surface area contributed by atoms with Crippen molar-refractivity contribution in [1.82, 2.24) is 20.1 Å². The molecular formula is C16H22N4O2. The highest BCUT2D eigenvalue weighted by Crippen LogP contribution is 2.12. The van der Waals surface area contributed by atoms with Gasteiger partial charge in [-0.05, 0) is 51.0 Å². The number of carbonyl (C=O) groups is 1. The second-order valence-corrected chi connectivity index (χ2v) is 5.59. The van der Waals surface area contributed by atoms with E-state index in [1.165, 1.54) is 0 Å². The minimum absolute atomic E-state index is 0.0176. The van der Waals surface area contributed by atoms with Crippen LogP contribution in [0.15, 0.2) is 24.3 Å². The van der Waals surface area contributed by atoms with Gasteiger partial charge in [0.25, 0.3) is 5.91 Å². The Morgan fingerprint density at radius 3 is 2.41 bits per heavy atom. The van der Waals surface area contributed by atoms with Crippen molar-refractivity contribution in [2.24, 2.45) is 5.92 Å². The highest BCUT2D eigenvalue weighted by Gasteiger charge is 2.15. The quantitative estimate of drug-likeness (QED) is 0.880. The van der Waals surface area contributed by atoms with Crippen LogP contribution in [0.1, 0.15) is 35.9 Å². The van der Waals surface area contributed by atoms with E-state index in [9.17, 15) is 4.79 Å². The number of nitrogens with zero attached hydrogens (tertiary/aromatic N) is 3. The molecule has 0 spiro atoms. The molecule has 1 amide bonds. The molecule has 0 aliphatic rings. The topological polar surface area (TPSA) is 80.0 Å². The number of amides is 1. The highest BCUT2D eigenvalue weighted by atomic mass is 16.3. The van der Waals surface area contributed by atoms with E-state index in [1.807, 2.05) is 39.8 Å². The molecule has 1 aromatic heterocycles. The normalized spacial score (nSPS) is 13.7. The molecule has 0 saturated heterocycles. The Morgan fingerprint density at radius 2 is 1.91 bits per heavy atom. The van der Waals surface area contributed by atoms with Crippen molar-refractivity contribution in [1.29, 1.82) is 0 Å². The number of aliphatic hydroxyl groups excluding tert-OH is 1. The van der Waals surface area contributed by atoms with E-state index in [1.54, 1.807) is 16.8 Å². The molecule has 6 heteroatoms. The van der Waals surface area contributed by atoms with Crippen LogP contribution in [-0.4, -0.2) is 38.4 Å². The van der Waals surface area contributed by atoms with Gasteiger partial charge < -0.3 is 10.4 Å². The van der Waals surface area contributed by atoms with Crippen LogP contribution in [0.3, 0.4) is 0 Å². The summed E-state index contributed by atoms with van der Waals surface area (Å²) in [6.07, 6.45) is 0. The molecule has 2 atom stereocenters. The van der Waals surface area contributed by atoms with Gasteiger partial charge in [0.2, 0.25) is 0 Å². The molecule has 0 aliphatic carbocycles. The SMILES string of the molecule is Cc1nc(C)n(-c2ccc(C(=O)NC(C)C(C)CO)cc2)n1. The smallest absolute Gasteiger partial charge is 0.251 e. The van der Waals surface area contributed by atoms with Crippen molar-refractivity contribution in [3.05, 3.63) is 41.5 Å². The van der Waals surface area contributed by atoms with Crippen molar-refractivity contribution in [3.8, 4) is 5.69 Å². The van der Waals surface area contributed by atoms with Crippen molar-refractivity contribution >= 4 is 5.91 Å². The Kier molecular flexibility index (Phi) is 4.92. The van der Waals surface area contributed by atoms with Gasteiger partial charge in [0.1, 0.15) is 11.6 Å². The van der Waals surface area contributed by atoms with E-state index < -0.39 is 0 Å². The van der Waals surface area contributed by atoms with Crippen molar-refractivity contribution < 1.29 is 9.90 Å². The predicted octanol–water partition coefficient (Wildman–Crippen LogP) is 1.63. The average molecular weight is 302 g/mol. The summed E-state index contributed by atoms with van der Waals surface area (Å²) in [6.45, 7) is 7.55. The number of benzene rings is 1. The van der Waals surface area contributed by atoms with Crippen LogP contribution in [0, 0.1) is 19.8 Å². The maximum Gasteiger partial charge on any atom is 0.251 e. The summed E-state index contributed by atoms with van der Waals surface area (Å²) in [4.78, 5) is 16.4. The monoisotopic (exact) mass is 302 g/mol. The van der Waals surface area contributed by atoms with Gasteiger partial charge in [0, 0.05) is 18.2 Å². The number of nitrogens with one attached hydrogen (secondary N) is 1. The Labute approximate surface area is 130 Å². The third kappa shape index (κ3) is 3.51. The third-order valence-corrected chi connectivity index (χ3v) is 3.75. The van der Waals surface area contributed by atoms with Gasteiger partial charge in [0.15, 0.2) is 0 Å². The standard InChI is InChI=1S/C16H22N4O2/c1-10(9-21)11(2)17-16(22)14-5-7-15(8-6-14)20-13(4)18-12(3)19-20/h5-8,10-11,21H,9H2,1-4H3,(H,17,22). The Hall–Kier alpha value is -2.21. The molecule has 2 N–H and O–H groups in total. The summed E-state index contributed by atoms with van der Waals surface area (Å²) in [6, 6.07) is 7.12. The maximum atomic E-state index is 12.2. The van der Waals surface area contributed by atoms with Crippen LogP contribution in [-0.2, 0) is 0 Å². The predicted molar refractivity (Wildman–Crippen MR) is 84.0 cm³/mol. The first kappa shape index (κ1) is 16.2. The van der Waals surface area contributed by atoms with Gasteiger partial charge in [-0.25, -0.2) is 9.67 Å². The number of hydrogen-bond donors (Lipinski definition) is 2. The fraction of sp³-hybridized carbons (Fsp3) is 0.438. The lowest BCUT2D eigenvalue weighted by Gasteiger charge is -2.19. The second-order valence-electron chi connectivity index (χ2n) is 5.59. The second kappa shape index (κ2) is 6.70. The molecule has 0 bridgehead atoms.